The van der Waals surface area contributed by atoms with Crippen molar-refractivity contribution in [3.8, 4) is 5.75 Å². The fraction of sp³-hybridized carbons (Fsp3) is 0.368. The lowest BCUT2D eigenvalue weighted by molar-refractivity contribution is 0.349. The van der Waals surface area contributed by atoms with E-state index < -0.39 is 0 Å². The van der Waals surface area contributed by atoms with Crippen molar-refractivity contribution in [2.24, 2.45) is 5.92 Å². The molecule has 7 heteroatoms. The van der Waals surface area contributed by atoms with Crippen LogP contribution in [0.5, 0.6) is 5.75 Å². The Bertz CT molecular complexity index is 946. The number of rotatable bonds is 4. The number of nitrogens with zero attached hydrogens (tertiary/aromatic N) is 5. The largest absolute Gasteiger partial charge is 0.494 e. The molecule has 0 bridgehead atoms. The quantitative estimate of drug-likeness (QED) is 0.717. The van der Waals surface area contributed by atoms with Crippen LogP contribution in [0.3, 0.4) is 0 Å². The van der Waals surface area contributed by atoms with E-state index in [0.29, 0.717) is 23.6 Å². The van der Waals surface area contributed by atoms with Gasteiger partial charge in [-0.15, -0.1) is 0 Å². The van der Waals surface area contributed by atoms with E-state index in [9.17, 15) is 4.79 Å². The highest BCUT2D eigenvalue weighted by Gasteiger charge is 2.22. The average Bonchev–Trinajstić information content (AvgIpc) is 2.71. The number of anilines is 1. The smallest absolute Gasteiger partial charge is 0.261 e. The number of benzene rings is 1. The van der Waals surface area contributed by atoms with E-state index in [0.717, 1.165) is 37.4 Å². The summed E-state index contributed by atoms with van der Waals surface area (Å²) in [6.07, 6.45) is 7.04. The van der Waals surface area contributed by atoms with Crippen LogP contribution in [0.4, 0.5) is 5.95 Å². The molecule has 3 heterocycles. The molecule has 4 rings (SSSR count). The maximum atomic E-state index is 12.6. The zero-order chi connectivity index (χ0) is 17.9. The molecule has 0 unspecified atom stereocenters. The summed E-state index contributed by atoms with van der Waals surface area (Å²) in [4.78, 5) is 27.9. The number of ether oxygens (including phenoxy) is 1. The van der Waals surface area contributed by atoms with Crippen molar-refractivity contribution in [3.63, 3.8) is 0 Å². The van der Waals surface area contributed by atoms with Gasteiger partial charge in [-0.05, 0) is 30.9 Å². The van der Waals surface area contributed by atoms with Gasteiger partial charge in [0, 0.05) is 19.6 Å². The minimum Gasteiger partial charge on any atom is -0.494 e. The van der Waals surface area contributed by atoms with Gasteiger partial charge < -0.3 is 9.64 Å². The highest BCUT2D eigenvalue weighted by molar-refractivity contribution is 5.76. The van der Waals surface area contributed by atoms with Gasteiger partial charge in [0.1, 0.15) is 0 Å². The third kappa shape index (κ3) is 3.24. The van der Waals surface area contributed by atoms with E-state index in [2.05, 4.69) is 19.9 Å². The minimum absolute atomic E-state index is 0.0384. The molecule has 0 atom stereocenters. The molecule has 7 nitrogen and oxygen atoms in total. The van der Waals surface area contributed by atoms with E-state index in [1.807, 2.05) is 24.3 Å². The van der Waals surface area contributed by atoms with Gasteiger partial charge in [0.2, 0.25) is 5.95 Å². The lowest BCUT2D eigenvalue weighted by atomic mass is 9.97. The van der Waals surface area contributed by atoms with Crippen molar-refractivity contribution in [2.75, 3.05) is 25.1 Å². The molecular weight excluding hydrogens is 330 g/mol. The summed E-state index contributed by atoms with van der Waals surface area (Å²) in [7, 11) is 1.60. The van der Waals surface area contributed by atoms with Crippen molar-refractivity contribution in [2.45, 2.75) is 19.4 Å². The topological polar surface area (TPSA) is 73.1 Å². The van der Waals surface area contributed by atoms with Crippen LogP contribution < -0.4 is 15.2 Å². The molecule has 26 heavy (non-hydrogen) atoms. The predicted molar refractivity (Wildman–Crippen MR) is 99.5 cm³/mol. The summed E-state index contributed by atoms with van der Waals surface area (Å²) >= 11 is 0. The van der Waals surface area contributed by atoms with Gasteiger partial charge in [-0.1, -0.05) is 12.1 Å². The molecule has 134 valence electrons. The van der Waals surface area contributed by atoms with Crippen LogP contribution in [-0.2, 0) is 6.54 Å². The van der Waals surface area contributed by atoms with E-state index in [-0.39, 0.29) is 5.56 Å². The molecule has 1 aliphatic heterocycles. The second-order valence-electron chi connectivity index (χ2n) is 6.57. The number of para-hydroxylation sites is 1. The maximum Gasteiger partial charge on any atom is 0.261 e. The summed E-state index contributed by atoms with van der Waals surface area (Å²) in [5.74, 6) is 1.84. The fourth-order valence-corrected chi connectivity index (χ4v) is 3.41. The Kier molecular flexibility index (Phi) is 4.51. The maximum absolute atomic E-state index is 12.6. The Morgan fingerprint density at radius 2 is 1.85 bits per heavy atom. The molecule has 0 amide bonds. The van der Waals surface area contributed by atoms with Crippen LogP contribution >= 0.6 is 0 Å². The van der Waals surface area contributed by atoms with Crippen molar-refractivity contribution in [1.29, 1.82) is 0 Å². The van der Waals surface area contributed by atoms with Gasteiger partial charge in [0.25, 0.3) is 5.56 Å². The number of fused-ring (bicyclic) bond motifs is 1. The molecule has 2 aromatic heterocycles. The highest BCUT2D eigenvalue weighted by Crippen LogP contribution is 2.22. The minimum atomic E-state index is 0.0384. The predicted octanol–water partition coefficient (Wildman–Crippen LogP) is 2.11. The van der Waals surface area contributed by atoms with E-state index in [1.165, 1.54) is 0 Å². The first-order valence-electron chi connectivity index (χ1n) is 8.80. The fourth-order valence-electron chi connectivity index (χ4n) is 3.41. The molecule has 1 aromatic carbocycles. The number of aromatic nitrogens is 4. The Balaban J connectivity index is 1.42. The Labute approximate surface area is 151 Å². The summed E-state index contributed by atoms with van der Waals surface area (Å²) in [5.41, 5.74) is 0.789. The van der Waals surface area contributed by atoms with Crippen LogP contribution in [0.2, 0.25) is 0 Å². The van der Waals surface area contributed by atoms with Gasteiger partial charge in [-0.3, -0.25) is 9.36 Å². The summed E-state index contributed by atoms with van der Waals surface area (Å²) in [6, 6.07) is 7.48. The van der Waals surface area contributed by atoms with Gasteiger partial charge in [-0.2, -0.15) is 0 Å². The second kappa shape index (κ2) is 7.11. The summed E-state index contributed by atoms with van der Waals surface area (Å²) in [5, 5.41) is 0.680. The van der Waals surface area contributed by atoms with Gasteiger partial charge in [0.15, 0.2) is 5.75 Å². The molecule has 0 saturated carbocycles. The third-order valence-electron chi connectivity index (χ3n) is 4.93. The van der Waals surface area contributed by atoms with Crippen LogP contribution in [0.25, 0.3) is 10.9 Å². The molecule has 0 spiro atoms. The van der Waals surface area contributed by atoms with E-state index in [1.54, 1.807) is 30.4 Å². The molecule has 0 N–H and O–H groups in total. The van der Waals surface area contributed by atoms with Crippen LogP contribution in [0.1, 0.15) is 12.8 Å². The van der Waals surface area contributed by atoms with Gasteiger partial charge in [-0.25, -0.2) is 15.0 Å². The van der Waals surface area contributed by atoms with Gasteiger partial charge >= 0.3 is 0 Å². The van der Waals surface area contributed by atoms with Crippen molar-refractivity contribution in [3.05, 3.63) is 53.3 Å². The third-order valence-corrected chi connectivity index (χ3v) is 4.93. The van der Waals surface area contributed by atoms with Crippen molar-refractivity contribution >= 4 is 16.9 Å². The number of hydrogen-bond donors (Lipinski definition) is 0. The number of methoxy groups -OCH3 is 1. The zero-order valence-electron chi connectivity index (χ0n) is 14.7. The molecule has 1 saturated heterocycles. The van der Waals surface area contributed by atoms with Crippen LogP contribution in [0, 0.1) is 5.92 Å². The molecular formula is C19H21N5O2. The Hall–Kier alpha value is -2.96. The Morgan fingerprint density at radius 3 is 2.58 bits per heavy atom. The monoisotopic (exact) mass is 351 g/mol. The lowest BCUT2D eigenvalue weighted by Gasteiger charge is -2.32. The first kappa shape index (κ1) is 16.5. The zero-order valence-corrected chi connectivity index (χ0v) is 14.7. The number of hydrogen-bond acceptors (Lipinski definition) is 6. The second-order valence-corrected chi connectivity index (χ2v) is 6.57. The molecule has 3 aromatic rings. The SMILES string of the molecule is COc1cnc(N2CCC(Cn3cnc4ccccc4c3=O)CC2)nc1. The van der Waals surface area contributed by atoms with Crippen molar-refractivity contribution < 1.29 is 4.74 Å². The molecule has 0 aliphatic carbocycles. The highest BCUT2D eigenvalue weighted by atomic mass is 16.5. The standard InChI is InChI=1S/C19H21N5O2/c1-26-15-10-20-19(21-11-15)23-8-6-14(7-9-23)12-24-13-22-17-5-3-2-4-16(17)18(24)25/h2-5,10-11,13-14H,6-9,12H2,1H3. The Morgan fingerprint density at radius 1 is 1.12 bits per heavy atom. The average molecular weight is 351 g/mol. The summed E-state index contributed by atoms with van der Waals surface area (Å²) < 4.78 is 6.84. The van der Waals surface area contributed by atoms with Crippen molar-refractivity contribution in [1.82, 2.24) is 19.5 Å². The molecule has 0 radical (unpaired) electrons. The number of piperidine rings is 1. The normalized spacial score (nSPS) is 15.3. The van der Waals surface area contributed by atoms with Crippen LogP contribution in [0.15, 0.2) is 47.8 Å². The van der Waals surface area contributed by atoms with Gasteiger partial charge in [0.05, 0.1) is 36.7 Å². The first-order chi connectivity index (χ1) is 12.7. The summed E-state index contributed by atoms with van der Waals surface area (Å²) in [6.45, 7) is 2.47. The van der Waals surface area contributed by atoms with Crippen LogP contribution in [-0.4, -0.2) is 39.7 Å². The molecule has 1 fully saturated rings. The first-order valence-corrected chi connectivity index (χ1v) is 8.80. The van der Waals surface area contributed by atoms with E-state index in [4.69, 9.17) is 4.74 Å². The van der Waals surface area contributed by atoms with E-state index >= 15 is 0 Å². The lowest BCUT2D eigenvalue weighted by Crippen LogP contribution is -2.37. The molecule has 1 aliphatic rings.